The van der Waals surface area contributed by atoms with Crippen LogP contribution >= 0.6 is 36.2 Å². The van der Waals surface area contributed by atoms with Gasteiger partial charge in [-0.2, -0.15) is 9.61 Å². The van der Waals surface area contributed by atoms with Crippen molar-refractivity contribution in [1.82, 2.24) is 14.6 Å². The third kappa shape index (κ3) is 11.9. The maximum absolute atomic E-state index is 5.15. The van der Waals surface area contributed by atoms with Crippen molar-refractivity contribution < 1.29 is 17.4 Å². The molecule has 0 fully saturated rings. The minimum Gasteiger partial charge on any atom is -0.0622 e. The van der Waals surface area contributed by atoms with E-state index in [-0.39, 0.29) is 15.8 Å². The zero-order valence-corrected chi connectivity index (χ0v) is 33.4. The van der Waals surface area contributed by atoms with Crippen LogP contribution in [0.1, 0.15) is 17.7 Å². The number of nitrogens with zero attached hydrogens (tertiary/aromatic N) is 3. The Morgan fingerprint density at radius 2 is 1.10 bits per heavy atom. The average molecular weight is 810 g/mol. The molecule has 2 aromatic heterocycles. The summed E-state index contributed by atoms with van der Waals surface area (Å²) in [5.74, 6) is 1.80. The summed E-state index contributed by atoms with van der Waals surface area (Å²) in [7, 11) is 10.5. The maximum Gasteiger partial charge on any atom is -0.0195 e. The van der Waals surface area contributed by atoms with Crippen molar-refractivity contribution in [1.29, 1.82) is 0 Å². The van der Waals surface area contributed by atoms with Gasteiger partial charge >= 0.3 is 33.0 Å². The molecule has 0 atom stereocenters. The number of benzene rings is 5. The number of hydrogen-bond acceptors (Lipinski definition) is 4. The van der Waals surface area contributed by atoms with Gasteiger partial charge in [0.1, 0.15) is 11.6 Å². The van der Waals surface area contributed by atoms with Crippen LogP contribution in [-0.2, 0) is 19.2 Å². The van der Waals surface area contributed by atoms with Crippen molar-refractivity contribution in [3.05, 3.63) is 175 Å². The summed E-state index contributed by atoms with van der Waals surface area (Å²) in [5, 5.41) is 13.6. The molecule has 0 unspecified atom stereocenters. The summed E-state index contributed by atoms with van der Waals surface area (Å²) < 4.78 is 6.95. The molecular formula is C42H42Cl2N4NiOP2. The summed E-state index contributed by atoms with van der Waals surface area (Å²) in [6.45, 7) is 2.70. The zero-order valence-electron chi connectivity index (χ0n) is 29.1. The summed E-state index contributed by atoms with van der Waals surface area (Å²) >= 11 is 0.569. The molecule has 0 bridgehead atoms. The van der Waals surface area contributed by atoms with Gasteiger partial charge in [-0.1, -0.05) is 133 Å². The van der Waals surface area contributed by atoms with Gasteiger partial charge in [-0.05, 0) is 80.4 Å². The van der Waals surface area contributed by atoms with Crippen LogP contribution < -0.4 is 31.3 Å². The van der Waals surface area contributed by atoms with Gasteiger partial charge in [0.25, 0.3) is 0 Å². The van der Waals surface area contributed by atoms with Gasteiger partial charge in [0, 0.05) is 24.4 Å². The van der Waals surface area contributed by atoms with Crippen LogP contribution in [0.25, 0.3) is 5.65 Å². The summed E-state index contributed by atoms with van der Waals surface area (Å²) in [5.41, 5.74) is 3.00. The molecular weight excluding hydrogens is 768 g/mol. The molecule has 5 nitrogen and oxygen atoms in total. The molecule has 1 N–H and O–H groups in total. The molecule has 270 valence electrons. The van der Waals surface area contributed by atoms with E-state index in [2.05, 4.69) is 137 Å². The number of halogens is 2. The number of anilines is 1. The number of fused-ring (bicyclic) bond motifs is 1. The van der Waals surface area contributed by atoms with E-state index in [1.165, 1.54) is 45.5 Å². The van der Waals surface area contributed by atoms with Crippen LogP contribution in [-0.4, -0.2) is 34.0 Å². The minimum absolute atomic E-state index is 0.309. The number of methoxy groups -OCH3 is 1. The first-order valence-electron chi connectivity index (χ1n) is 16.9. The minimum atomic E-state index is -0.309. The number of rotatable bonds is 12. The van der Waals surface area contributed by atoms with Crippen LogP contribution in [0.5, 0.6) is 5.75 Å². The zero-order chi connectivity index (χ0) is 36.4. The van der Waals surface area contributed by atoms with Gasteiger partial charge in [-0.25, -0.2) is 4.98 Å². The van der Waals surface area contributed by atoms with Gasteiger partial charge < -0.3 is 10.1 Å². The third-order valence-corrected chi connectivity index (χ3v) is 13.4. The number of nitrogens with one attached hydrogen (secondary N) is 1. The van der Waals surface area contributed by atoms with Gasteiger partial charge in [0.2, 0.25) is 0 Å². The van der Waals surface area contributed by atoms with E-state index in [4.69, 9.17) is 25.1 Å². The molecule has 0 radical (unpaired) electrons. The normalized spacial score (nSPS) is 10.7. The van der Waals surface area contributed by atoms with Crippen molar-refractivity contribution in [3.63, 3.8) is 0 Å². The Hall–Kier alpha value is -3.75. The van der Waals surface area contributed by atoms with E-state index in [0.717, 1.165) is 29.5 Å². The molecule has 7 rings (SSSR count). The van der Waals surface area contributed by atoms with Gasteiger partial charge in [-0.3, -0.25) is 0 Å². The third-order valence-electron chi connectivity index (χ3n) is 8.16. The molecule has 0 aliphatic carbocycles. The standard InChI is InChI=1S/C27H26P2.C15H16N4O.2ClH.Ni/c1-5-14-24(15-6-1)28(25-16-7-2-8-17-25)22-13-23-29(26-18-9-3-10-19-26)27-20-11-4-12-21-27;1-11-9-15(19-14(18-11)7-8-17-19)16-10-12-3-5-13(20-2)6-4-12;;;/h1-12,14-21H,13,22-23H2;3-9,16H,10H2,1-2H3;2*1H;/q;;;;+2/p-2. The molecule has 2 heterocycles. The second-order valence-corrected chi connectivity index (χ2v) is 17.9. The molecule has 0 aliphatic heterocycles. The Morgan fingerprint density at radius 3 is 1.52 bits per heavy atom. The van der Waals surface area contributed by atoms with Crippen molar-refractivity contribution >= 4 is 68.9 Å². The van der Waals surface area contributed by atoms with E-state index in [0.29, 0.717) is 12.7 Å². The quantitative estimate of drug-likeness (QED) is 0.0988. The summed E-state index contributed by atoms with van der Waals surface area (Å²) in [4.78, 5) is 4.42. The molecule has 0 saturated heterocycles. The first kappa shape index (κ1) is 39.5. The van der Waals surface area contributed by atoms with E-state index in [1.807, 2.05) is 43.3 Å². The number of hydrogen-bond donors (Lipinski definition) is 1. The monoisotopic (exact) mass is 808 g/mol. The molecule has 10 heteroatoms. The fraction of sp³-hybridized carbons (Fsp3) is 0.143. The van der Waals surface area contributed by atoms with Gasteiger partial charge in [0.15, 0.2) is 5.65 Å². The molecule has 52 heavy (non-hydrogen) atoms. The number of ether oxygens (including phenoxy) is 1. The second-order valence-electron chi connectivity index (χ2n) is 11.6. The molecule has 0 amide bonds. The van der Waals surface area contributed by atoms with Crippen LogP contribution in [0, 0.1) is 6.92 Å². The second kappa shape index (κ2) is 21.7. The molecule has 0 saturated carbocycles. The van der Waals surface area contributed by atoms with Crippen LogP contribution in [0.15, 0.2) is 164 Å². The SMILES string of the molecule is COc1ccc(CNc2cc(C)nc3ccnn23)cc1.[Cl][Ni][Cl].c1ccc(P(CCCP(c2ccccc2)c2ccccc2)c2ccccc2)cc1. The largest absolute Gasteiger partial charge is 0.0622 e. The Bertz CT molecular complexity index is 1860. The maximum atomic E-state index is 5.15. The first-order valence-corrected chi connectivity index (χ1v) is 22.6. The predicted molar refractivity (Wildman–Crippen MR) is 222 cm³/mol. The molecule has 7 aromatic rings. The first-order chi connectivity index (χ1) is 25.6. The Labute approximate surface area is 324 Å². The Morgan fingerprint density at radius 1 is 0.654 bits per heavy atom. The van der Waals surface area contributed by atoms with Crippen molar-refractivity contribution in [2.45, 2.75) is 19.9 Å². The van der Waals surface area contributed by atoms with Crippen molar-refractivity contribution in [2.75, 3.05) is 24.8 Å². The number of aromatic nitrogens is 3. The van der Waals surface area contributed by atoms with Crippen molar-refractivity contribution in [2.24, 2.45) is 0 Å². The fourth-order valence-corrected chi connectivity index (χ4v) is 10.7. The predicted octanol–water partition coefficient (Wildman–Crippen LogP) is 9.68. The van der Waals surface area contributed by atoms with Crippen LogP contribution in [0.2, 0.25) is 0 Å². The van der Waals surface area contributed by atoms with E-state index in [1.54, 1.807) is 17.8 Å². The number of aryl methyl sites for hydroxylation is 1. The van der Waals surface area contributed by atoms with Crippen LogP contribution in [0.4, 0.5) is 5.82 Å². The van der Waals surface area contributed by atoms with E-state index in [9.17, 15) is 0 Å². The smallest absolute Gasteiger partial charge is 0.0195 e. The Kier molecular flexibility index (Phi) is 16.5. The van der Waals surface area contributed by atoms with E-state index < -0.39 is 0 Å². The Balaban J connectivity index is 0.000000198. The van der Waals surface area contributed by atoms with Crippen LogP contribution in [0.3, 0.4) is 0 Å². The van der Waals surface area contributed by atoms with Gasteiger partial charge in [0.05, 0.1) is 13.3 Å². The summed E-state index contributed by atoms with van der Waals surface area (Å²) in [6.07, 6.45) is 5.47. The summed E-state index contributed by atoms with van der Waals surface area (Å²) in [6, 6.07) is 56.2. The van der Waals surface area contributed by atoms with Gasteiger partial charge in [-0.15, -0.1) is 0 Å². The topological polar surface area (TPSA) is 51.5 Å². The van der Waals surface area contributed by atoms with Crippen molar-refractivity contribution in [3.8, 4) is 5.75 Å². The molecule has 0 aliphatic rings. The fourth-order valence-electron chi connectivity index (χ4n) is 5.73. The molecule has 5 aromatic carbocycles. The average Bonchev–Trinajstić information content (AvgIpc) is 3.68. The molecule has 0 spiro atoms. The van der Waals surface area contributed by atoms with E-state index >= 15 is 0 Å².